The van der Waals surface area contributed by atoms with Crippen molar-refractivity contribution in [1.82, 2.24) is 20.2 Å². The second kappa shape index (κ2) is 10.8. The molecule has 1 saturated heterocycles. The minimum atomic E-state index is -0.997. The average molecular weight is 562 g/mol. The van der Waals surface area contributed by atoms with Gasteiger partial charge in [-0.3, -0.25) is 9.59 Å². The van der Waals surface area contributed by atoms with E-state index in [4.69, 9.17) is 16.3 Å². The maximum Gasteiger partial charge on any atom is 0.255 e. The molecule has 1 atom stereocenters. The van der Waals surface area contributed by atoms with E-state index in [0.717, 1.165) is 42.4 Å². The van der Waals surface area contributed by atoms with Crippen molar-refractivity contribution in [3.05, 3.63) is 75.9 Å². The van der Waals surface area contributed by atoms with Gasteiger partial charge in [0.1, 0.15) is 6.04 Å². The number of fused-ring (bicyclic) bond motifs is 1. The van der Waals surface area contributed by atoms with E-state index in [0.29, 0.717) is 41.0 Å². The number of hydrogen-bond donors (Lipinski definition) is 3. The third-order valence-electron chi connectivity index (χ3n) is 8.05. The number of aromatic nitrogens is 2. The van der Waals surface area contributed by atoms with Gasteiger partial charge in [0.15, 0.2) is 0 Å². The third kappa shape index (κ3) is 5.16. The van der Waals surface area contributed by atoms with Crippen LogP contribution in [0.5, 0.6) is 0 Å². The largest absolute Gasteiger partial charge is 0.394 e. The number of amides is 2. The maximum atomic E-state index is 13.5. The van der Waals surface area contributed by atoms with Crippen molar-refractivity contribution < 1.29 is 19.4 Å². The Morgan fingerprint density at radius 1 is 1.23 bits per heavy atom. The summed E-state index contributed by atoms with van der Waals surface area (Å²) < 4.78 is 5.42. The average Bonchev–Trinajstić information content (AvgIpc) is 3.67. The van der Waals surface area contributed by atoms with E-state index in [1.54, 1.807) is 12.3 Å². The van der Waals surface area contributed by atoms with Gasteiger partial charge in [-0.1, -0.05) is 53.6 Å². The lowest BCUT2D eigenvalue weighted by Gasteiger charge is -2.28. The summed E-state index contributed by atoms with van der Waals surface area (Å²) in [7, 11) is 0. The van der Waals surface area contributed by atoms with Gasteiger partial charge in [-0.2, -0.15) is 0 Å². The predicted molar refractivity (Wildman–Crippen MR) is 151 cm³/mol. The molecule has 1 aliphatic carbocycles. The lowest BCUT2D eigenvalue weighted by molar-refractivity contribution is -0.128. The molecule has 1 saturated carbocycles. The number of nitrogens with zero attached hydrogens (tertiary/aromatic N) is 3. The molecule has 0 spiro atoms. The molecule has 1 aromatic heterocycles. The Balaban J connectivity index is 1.20. The molecule has 6 rings (SSSR count). The van der Waals surface area contributed by atoms with Crippen LogP contribution in [0, 0.1) is 6.92 Å². The number of halogens is 1. The first-order chi connectivity index (χ1) is 19.4. The number of benzene rings is 2. The third-order valence-corrected chi connectivity index (χ3v) is 8.33. The van der Waals surface area contributed by atoms with Crippen LogP contribution in [0.4, 0.5) is 5.95 Å². The zero-order valence-corrected chi connectivity index (χ0v) is 23.1. The lowest BCUT2D eigenvalue weighted by Crippen LogP contribution is -2.51. The Morgan fingerprint density at radius 3 is 2.75 bits per heavy atom. The zero-order chi connectivity index (χ0) is 27.9. The molecular weight excluding hydrogens is 530 g/mol. The minimum Gasteiger partial charge on any atom is -0.394 e. The van der Waals surface area contributed by atoms with Gasteiger partial charge in [-0.15, -0.1) is 0 Å². The summed E-state index contributed by atoms with van der Waals surface area (Å²) in [5, 5.41) is 17.1. The van der Waals surface area contributed by atoms with Gasteiger partial charge in [0, 0.05) is 36.9 Å². The number of carbonyl (C=O) groups is 2. The molecule has 2 aliphatic heterocycles. The van der Waals surface area contributed by atoms with Crippen LogP contribution in [0.25, 0.3) is 11.3 Å². The molecule has 40 heavy (non-hydrogen) atoms. The van der Waals surface area contributed by atoms with Crippen molar-refractivity contribution in [1.29, 1.82) is 0 Å². The van der Waals surface area contributed by atoms with Gasteiger partial charge in [0.05, 0.1) is 29.1 Å². The number of rotatable bonds is 8. The van der Waals surface area contributed by atoms with Crippen LogP contribution in [0.2, 0.25) is 5.02 Å². The van der Waals surface area contributed by atoms with Crippen LogP contribution in [-0.4, -0.2) is 63.7 Å². The molecule has 9 nitrogen and oxygen atoms in total. The molecule has 10 heteroatoms. The molecule has 208 valence electrons. The van der Waals surface area contributed by atoms with Crippen LogP contribution in [0.3, 0.4) is 0 Å². The molecule has 3 N–H and O–H groups in total. The molecule has 2 amide bonds. The first-order valence-electron chi connectivity index (χ1n) is 13.7. The fourth-order valence-corrected chi connectivity index (χ4v) is 5.78. The molecule has 3 aliphatic rings. The molecule has 2 fully saturated rings. The van der Waals surface area contributed by atoms with E-state index in [2.05, 4.69) is 26.7 Å². The summed E-state index contributed by atoms with van der Waals surface area (Å²) in [5.41, 5.74) is 4.17. The number of ether oxygens (including phenoxy) is 1. The topological polar surface area (TPSA) is 117 Å². The van der Waals surface area contributed by atoms with Crippen molar-refractivity contribution >= 4 is 29.4 Å². The van der Waals surface area contributed by atoms with Crippen LogP contribution < -0.4 is 10.6 Å². The number of aliphatic hydroxyl groups is 1. The molecule has 3 aromatic rings. The van der Waals surface area contributed by atoms with E-state index in [-0.39, 0.29) is 24.4 Å². The zero-order valence-electron chi connectivity index (χ0n) is 22.3. The minimum absolute atomic E-state index is 0.222. The first-order valence-corrected chi connectivity index (χ1v) is 14.1. The Bertz CT molecular complexity index is 1450. The van der Waals surface area contributed by atoms with E-state index in [1.165, 1.54) is 4.90 Å². The lowest BCUT2D eigenvalue weighted by atomic mass is 10.0. The van der Waals surface area contributed by atoms with E-state index in [9.17, 15) is 14.7 Å². The Labute approximate surface area is 237 Å². The quantitative estimate of drug-likeness (QED) is 0.383. The van der Waals surface area contributed by atoms with Crippen molar-refractivity contribution in [2.45, 2.75) is 56.8 Å². The number of aliphatic hydroxyl groups excluding tert-OH is 1. The van der Waals surface area contributed by atoms with Gasteiger partial charge >= 0.3 is 0 Å². The standard InChI is InChI=1S/C30H32ClN5O4/c1-18-3-2-4-21(13-18)30(9-10-30)35-27(38)25(17-37)36-16-20-6-5-19(14-23(20)28(36)39)26-24(31)15-32-29(34-26)33-22-7-11-40-12-8-22/h2-6,13-15,22,25,37H,7-12,16-17H2,1H3,(H,35,38)(H,32,33,34)/t25-/m1/s1. The summed E-state index contributed by atoms with van der Waals surface area (Å²) in [6.45, 7) is 3.17. The van der Waals surface area contributed by atoms with Crippen LogP contribution in [-0.2, 0) is 21.6 Å². The monoisotopic (exact) mass is 561 g/mol. The van der Waals surface area contributed by atoms with Crippen LogP contribution in [0.1, 0.15) is 52.7 Å². The Hall–Kier alpha value is -3.53. The van der Waals surface area contributed by atoms with Crippen molar-refractivity contribution in [2.75, 3.05) is 25.1 Å². The highest BCUT2D eigenvalue weighted by Crippen LogP contribution is 2.46. The SMILES string of the molecule is Cc1cccc(C2(NC(=O)[C@@H](CO)N3Cc4ccc(-c5nc(NC6CCOCC6)ncc5Cl)cc4C3=O)CC2)c1. The predicted octanol–water partition coefficient (Wildman–Crippen LogP) is 3.82. The molecule has 0 radical (unpaired) electrons. The van der Waals surface area contributed by atoms with Crippen molar-refractivity contribution in [3.63, 3.8) is 0 Å². The second-order valence-corrected chi connectivity index (χ2v) is 11.3. The highest BCUT2D eigenvalue weighted by molar-refractivity contribution is 6.33. The van der Waals surface area contributed by atoms with Gasteiger partial charge < -0.3 is 25.4 Å². The summed E-state index contributed by atoms with van der Waals surface area (Å²) in [4.78, 5) is 37.3. The summed E-state index contributed by atoms with van der Waals surface area (Å²) in [6.07, 6.45) is 4.94. The summed E-state index contributed by atoms with van der Waals surface area (Å²) in [5.74, 6) is -0.192. The fraction of sp³-hybridized carbons (Fsp3) is 0.400. The number of anilines is 1. The van der Waals surface area contributed by atoms with Crippen molar-refractivity contribution in [3.8, 4) is 11.3 Å². The second-order valence-electron chi connectivity index (χ2n) is 10.9. The Kier molecular flexibility index (Phi) is 7.20. The van der Waals surface area contributed by atoms with Gasteiger partial charge in [0.25, 0.3) is 5.91 Å². The molecular formula is C30H32ClN5O4. The highest BCUT2D eigenvalue weighted by atomic mass is 35.5. The molecule has 2 aromatic carbocycles. The van der Waals surface area contributed by atoms with E-state index in [1.807, 2.05) is 37.3 Å². The summed E-state index contributed by atoms with van der Waals surface area (Å²) >= 11 is 6.48. The highest BCUT2D eigenvalue weighted by Gasteiger charge is 2.48. The molecule has 3 heterocycles. The maximum absolute atomic E-state index is 13.5. The normalized spacial score (nSPS) is 18.8. The van der Waals surface area contributed by atoms with Gasteiger partial charge in [-0.05, 0) is 49.8 Å². The van der Waals surface area contributed by atoms with Crippen molar-refractivity contribution in [2.24, 2.45) is 0 Å². The molecule has 0 unspecified atom stereocenters. The molecule has 0 bridgehead atoms. The fourth-order valence-electron chi connectivity index (χ4n) is 5.58. The Morgan fingerprint density at radius 2 is 2.02 bits per heavy atom. The smallest absolute Gasteiger partial charge is 0.255 e. The number of aryl methyl sites for hydroxylation is 1. The number of nitrogens with one attached hydrogen (secondary N) is 2. The number of hydrogen-bond acceptors (Lipinski definition) is 7. The summed E-state index contributed by atoms with van der Waals surface area (Å²) in [6, 6.07) is 12.8. The number of carbonyl (C=O) groups excluding carboxylic acids is 2. The van der Waals surface area contributed by atoms with E-state index >= 15 is 0 Å². The first kappa shape index (κ1) is 26.7. The van der Waals surface area contributed by atoms with Gasteiger partial charge in [-0.25, -0.2) is 9.97 Å². The van der Waals surface area contributed by atoms with Crippen LogP contribution in [0.15, 0.2) is 48.7 Å². The van der Waals surface area contributed by atoms with E-state index < -0.39 is 18.2 Å². The van der Waals surface area contributed by atoms with Crippen LogP contribution >= 0.6 is 11.6 Å². The van der Waals surface area contributed by atoms with Gasteiger partial charge in [0.2, 0.25) is 11.9 Å².